The van der Waals surface area contributed by atoms with Crippen molar-refractivity contribution in [3.8, 4) is 5.75 Å². The summed E-state index contributed by atoms with van der Waals surface area (Å²) in [7, 11) is 0. The number of hydrogen-bond donors (Lipinski definition) is 1. The Morgan fingerprint density at radius 1 is 1.35 bits per heavy atom. The lowest BCUT2D eigenvalue weighted by atomic mass is 10.3. The Hall–Kier alpha value is -0.810. The monoisotopic (exact) mass is 330 g/mol. The van der Waals surface area contributed by atoms with Gasteiger partial charge in [0.25, 0.3) is 0 Å². The Morgan fingerprint density at radius 3 is 2.85 bits per heavy atom. The fourth-order valence-electron chi connectivity index (χ4n) is 1.53. The smallest absolute Gasteiger partial charge is 0.138 e. The number of rotatable bonds is 6. The first kappa shape index (κ1) is 15.6. The molecule has 0 fully saturated rings. The quantitative estimate of drug-likeness (QED) is 0.845. The molecule has 2 aromatic rings. The van der Waals surface area contributed by atoms with Gasteiger partial charge in [-0.05, 0) is 18.2 Å². The highest BCUT2D eigenvalue weighted by Crippen LogP contribution is 2.28. The zero-order valence-corrected chi connectivity index (χ0v) is 13.6. The van der Waals surface area contributed by atoms with E-state index in [1.54, 1.807) is 29.5 Å². The molecule has 1 N–H and O–H groups in total. The summed E-state index contributed by atoms with van der Waals surface area (Å²) in [5.74, 6) is 0.617. The van der Waals surface area contributed by atoms with Gasteiger partial charge in [0.05, 0.1) is 10.7 Å². The van der Waals surface area contributed by atoms with Crippen LogP contribution in [0, 0.1) is 0 Å². The summed E-state index contributed by atoms with van der Waals surface area (Å²) in [5, 5.41) is 7.50. The molecule has 0 amide bonds. The van der Waals surface area contributed by atoms with E-state index in [9.17, 15) is 0 Å². The standard InChI is InChI=1S/C14H16Cl2N2OS/c1-9(2)17-6-14-18-11(8-20-14)7-19-13-4-3-10(15)5-12(13)16/h3-5,8-9,17H,6-7H2,1-2H3. The Balaban J connectivity index is 1.90. The predicted octanol–water partition coefficient (Wildman–Crippen LogP) is 4.53. The first-order chi connectivity index (χ1) is 9.54. The lowest BCUT2D eigenvalue weighted by molar-refractivity contribution is 0.302. The third-order valence-electron chi connectivity index (χ3n) is 2.53. The normalized spacial score (nSPS) is 11.1. The molecule has 1 aromatic heterocycles. The van der Waals surface area contributed by atoms with Gasteiger partial charge in [-0.3, -0.25) is 0 Å². The first-order valence-electron chi connectivity index (χ1n) is 6.29. The number of ether oxygens (including phenoxy) is 1. The molecule has 0 saturated carbocycles. The van der Waals surface area contributed by atoms with Crippen LogP contribution < -0.4 is 10.1 Å². The van der Waals surface area contributed by atoms with Crippen LogP contribution in [0.2, 0.25) is 10.0 Å². The molecule has 0 aliphatic heterocycles. The Morgan fingerprint density at radius 2 is 2.15 bits per heavy atom. The summed E-state index contributed by atoms with van der Waals surface area (Å²) in [5.41, 5.74) is 0.904. The van der Waals surface area contributed by atoms with E-state index in [-0.39, 0.29) is 0 Å². The highest BCUT2D eigenvalue weighted by atomic mass is 35.5. The summed E-state index contributed by atoms with van der Waals surface area (Å²) in [4.78, 5) is 4.51. The van der Waals surface area contributed by atoms with Crippen molar-refractivity contribution in [2.75, 3.05) is 0 Å². The molecule has 108 valence electrons. The minimum absolute atomic E-state index is 0.402. The molecule has 0 atom stereocenters. The van der Waals surface area contributed by atoms with Gasteiger partial charge in [0.15, 0.2) is 0 Å². The minimum atomic E-state index is 0.402. The molecule has 0 spiro atoms. The largest absolute Gasteiger partial charge is 0.486 e. The van der Waals surface area contributed by atoms with E-state index in [4.69, 9.17) is 27.9 Å². The Kier molecular flexibility index (Phi) is 5.66. The van der Waals surface area contributed by atoms with Crippen molar-refractivity contribution in [3.05, 3.63) is 44.3 Å². The van der Waals surface area contributed by atoms with Crippen molar-refractivity contribution in [2.24, 2.45) is 0 Å². The van der Waals surface area contributed by atoms with E-state index < -0.39 is 0 Å². The SMILES string of the molecule is CC(C)NCc1nc(COc2ccc(Cl)cc2Cl)cs1. The molecule has 2 rings (SSSR count). The maximum atomic E-state index is 6.05. The number of halogens is 2. The van der Waals surface area contributed by atoms with E-state index >= 15 is 0 Å². The average Bonchev–Trinajstić information content (AvgIpc) is 2.83. The van der Waals surface area contributed by atoms with E-state index in [0.29, 0.717) is 28.4 Å². The first-order valence-corrected chi connectivity index (χ1v) is 7.92. The molecule has 1 aromatic carbocycles. The highest BCUT2D eigenvalue weighted by molar-refractivity contribution is 7.09. The Labute approximate surface area is 132 Å². The number of nitrogens with zero attached hydrogens (tertiary/aromatic N) is 1. The van der Waals surface area contributed by atoms with Crippen LogP contribution in [0.25, 0.3) is 0 Å². The summed E-state index contributed by atoms with van der Waals surface area (Å²) >= 11 is 13.5. The maximum absolute atomic E-state index is 6.05. The summed E-state index contributed by atoms with van der Waals surface area (Å²) in [6, 6.07) is 5.63. The molecule has 1 heterocycles. The second kappa shape index (κ2) is 7.27. The number of nitrogens with one attached hydrogen (secondary N) is 1. The van der Waals surface area contributed by atoms with Crippen LogP contribution in [0.4, 0.5) is 0 Å². The minimum Gasteiger partial charge on any atom is -0.486 e. The van der Waals surface area contributed by atoms with Crippen molar-refractivity contribution in [2.45, 2.75) is 33.0 Å². The molecule has 0 aliphatic carbocycles. The van der Waals surface area contributed by atoms with E-state index in [1.807, 2.05) is 5.38 Å². The topological polar surface area (TPSA) is 34.2 Å². The predicted molar refractivity (Wildman–Crippen MR) is 84.9 cm³/mol. The molecule has 0 bridgehead atoms. The molecule has 0 unspecified atom stereocenters. The molecular formula is C14H16Cl2N2OS. The number of thiazole rings is 1. The van der Waals surface area contributed by atoms with Crippen molar-refractivity contribution in [1.82, 2.24) is 10.3 Å². The fraction of sp³-hybridized carbons (Fsp3) is 0.357. The van der Waals surface area contributed by atoms with Crippen LogP contribution in [-0.4, -0.2) is 11.0 Å². The van der Waals surface area contributed by atoms with Gasteiger partial charge in [0, 0.05) is 23.0 Å². The molecule has 0 aliphatic rings. The average molecular weight is 331 g/mol. The van der Waals surface area contributed by atoms with Gasteiger partial charge in [0.1, 0.15) is 17.4 Å². The van der Waals surface area contributed by atoms with E-state index in [0.717, 1.165) is 17.2 Å². The lowest BCUT2D eigenvalue weighted by Gasteiger charge is -2.06. The summed E-state index contributed by atoms with van der Waals surface area (Å²) in [6.07, 6.45) is 0. The van der Waals surface area contributed by atoms with E-state index in [1.165, 1.54) is 0 Å². The van der Waals surface area contributed by atoms with Gasteiger partial charge >= 0.3 is 0 Å². The number of benzene rings is 1. The summed E-state index contributed by atoms with van der Waals surface area (Å²) < 4.78 is 5.65. The van der Waals surface area contributed by atoms with Crippen LogP contribution in [0.15, 0.2) is 23.6 Å². The van der Waals surface area contributed by atoms with Crippen molar-refractivity contribution >= 4 is 34.5 Å². The molecule has 0 saturated heterocycles. The van der Waals surface area contributed by atoms with Gasteiger partial charge < -0.3 is 10.1 Å². The van der Waals surface area contributed by atoms with Gasteiger partial charge in [0.2, 0.25) is 0 Å². The second-order valence-electron chi connectivity index (χ2n) is 4.63. The maximum Gasteiger partial charge on any atom is 0.138 e. The third-order valence-corrected chi connectivity index (χ3v) is 3.96. The van der Waals surface area contributed by atoms with Crippen molar-refractivity contribution < 1.29 is 4.74 Å². The molecule has 20 heavy (non-hydrogen) atoms. The van der Waals surface area contributed by atoms with Crippen LogP contribution >= 0.6 is 34.5 Å². The number of aromatic nitrogens is 1. The van der Waals surface area contributed by atoms with Gasteiger partial charge in [-0.1, -0.05) is 37.0 Å². The van der Waals surface area contributed by atoms with Crippen LogP contribution in [0.3, 0.4) is 0 Å². The Bertz CT molecular complexity index is 572. The van der Waals surface area contributed by atoms with Crippen molar-refractivity contribution in [1.29, 1.82) is 0 Å². The molecular weight excluding hydrogens is 315 g/mol. The van der Waals surface area contributed by atoms with Crippen LogP contribution in [-0.2, 0) is 13.2 Å². The fourth-order valence-corrected chi connectivity index (χ4v) is 2.72. The summed E-state index contributed by atoms with van der Waals surface area (Å²) in [6.45, 7) is 5.41. The van der Waals surface area contributed by atoms with Crippen LogP contribution in [0.5, 0.6) is 5.75 Å². The zero-order valence-electron chi connectivity index (χ0n) is 11.3. The lowest BCUT2D eigenvalue weighted by Crippen LogP contribution is -2.21. The van der Waals surface area contributed by atoms with E-state index in [2.05, 4.69) is 24.1 Å². The molecule has 6 heteroatoms. The third kappa shape index (κ3) is 4.63. The van der Waals surface area contributed by atoms with Crippen molar-refractivity contribution in [3.63, 3.8) is 0 Å². The highest BCUT2D eigenvalue weighted by Gasteiger charge is 2.06. The zero-order chi connectivity index (χ0) is 14.5. The molecule has 3 nitrogen and oxygen atoms in total. The second-order valence-corrected chi connectivity index (χ2v) is 6.42. The van der Waals surface area contributed by atoms with Gasteiger partial charge in [-0.15, -0.1) is 11.3 Å². The number of hydrogen-bond acceptors (Lipinski definition) is 4. The molecule has 0 radical (unpaired) electrons. The van der Waals surface area contributed by atoms with Gasteiger partial charge in [-0.2, -0.15) is 0 Å². The van der Waals surface area contributed by atoms with Gasteiger partial charge in [-0.25, -0.2) is 4.98 Å². The van der Waals surface area contributed by atoms with Crippen LogP contribution in [0.1, 0.15) is 24.5 Å².